The summed E-state index contributed by atoms with van der Waals surface area (Å²) in [5, 5.41) is -4.05. The molecule has 0 fully saturated rings. The molecule has 0 aliphatic carbocycles. The predicted octanol–water partition coefficient (Wildman–Crippen LogP) is 8.14. The molecule has 0 bridgehead atoms. The van der Waals surface area contributed by atoms with Gasteiger partial charge in [-0.25, -0.2) is 65.9 Å². The monoisotopic (exact) mass is 668 g/mol. The van der Waals surface area contributed by atoms with Crippen molar-refractivity contribution < 1.29 is 65.9 Å². The quantitative estimate of drug-likeness (QED) is 0.0785. The van der Waals surface area contributed by atoms with Crippen molar-refractivity contribution in [1.82, 2.24) is 0 Å². The molecule has 0 nitrogen and oxygen atoms in total. The van der Waals surface area contributed by atoms with E-state index in [4.69, 9.17) is 0 Å². The number of allylic oxidation sites excluding steroid dienone is 1. The molecule has 0 aliphatic heterocycles. The van der Waals surface area contributed by atoms with Gasteiger partial charge in [-0.05, 0) is 19.0 Å². The molecule has 3 aromatic rings. The van der Waals surface area contributed by atoms with Gasteiger partial charge in [0.25, 0.3) is 0 Å². The van der Waals surface area contributed by atoms with Crippen molar-refractivity contribution in [3.63, 3.8) is 0 Å². The third kappa shape index (κ3) is 6.18. The molecule has 0 aromatic heterocycles. The van der Waals surface area contributed by atoms with Crippen LogP contribution in [0.1, 0.15) is 27.7 Å². The molecule has 0 aliphatic rings. The average molecular weight is 668 g/mol. The van der Waals surface area contributed by atoms with Crippen LogP contribution >= 0.6 is 7.92 Å². The van der Waals surface area contributed by atoms with Crippen molar-refractivity contribution in [2.75, 3.05) is 0 Å². The summed E-state index contributed by atoms with van der Waals surface area (Å²) < 4.78 is 216. The molecular formula is C27H17BF15P. The number of hydrogen-bond donors (Lipinski definition) is 0. The van der Waals surface area contributed by atoms with Crippen molar-refractivity contribution in [3.8, 4) is 0 Å². The highest BCUT2D eigenvalue weighted by molar-refractivity contribution is 7.73. The van der Waals surface area contributed by atoms with Crippen molar-refractivity contribution in [1.29, 1.82) is 0 Å². The van der Waals surface area contributed by atoms with Crippen LogP contribution in [0.5, 0.6) is 0 Å². The Morgan fingerprint density at radius 3 is 1.07 bits per heavy atom. The molecule has 0 N–H and O–H groups in total. The topological polar surface area (TPSA) is 0 Å². The molecule has 0 amide bonds. The summed E-state index contributed by atoms with van der Waals surface area (Å²) in [7, 11) is -3.92. The second-order valence-corrected chi connectivity index (χ2v) is 13.1. The maximum Gasteiger partial charge on any atom is 0.209 e. The first-order valence-electron chi connectivity index (χ1n) is 12.2. The summed E-state index contributed by atoms with van der Waals surface area (Å²) in [5.41, 5.74) is -4.49. The second kappa shape index (κ2) is 12.7. The standard InChI is InChI=1S/C27H17BF15P/c1-8(7-28(6-5-27(2,3)4)9-10(29)12(31)14(33)13(32)11(9)30)44(25-21(40)17(36)15(34)18(37)22(25)41)26-23(42)19(38)16(35)20(39)24(26)43/h5-6,8H,7H2,1-4H3/b6-5+. The average Bonchev–Trinajstić information content (AvgIpc) is 2.96. The van der Waals surface area contributed by atoms with Gasteiger partial charge in [-0.1, -0.05) is 40.1 Å². The molecule has 1 unspecified atom stereocenters. The van der Waals surface area contributed by atoms with Gasteiger partial charge in [0, 0.05) is 5.46 Å². The normalized spacial score (nSPS) is 13.0. The Balaban J connectivity index is 2.43. The zero-order valence-electron chi connectivity index (χ0n) is 22.6. The molecule has 17 heteroatoms. The zero-order chi connectivity index (χ0) is 33.7. The molecule has 1 atom stereocenters. The summed E-state index contributed by atoms with van der Waals surface area (Å²) in [6, 6.07) is 0. The van der Waals surface area contributed by atoms with Crippen molar-refractivity contribution in [2.24, 2.45) is 5.41 Å². The van der Waals surface area contributed by atoms with Crippen LogP contribution < -0.4 is 16.1 Å². The molecule has 0 heterocycles. The van der Waals surface area contributed by atoms with E-state index in [1.165, 1.54) is 26.8 Å². The highest BCUT2D eigenvalue weighted by Crippen LogP contribution is 2.46. The van der Waals surface area contributed by atoms with E-state index >= 15 is 0 Å². The van der Waals surface area contributed by atoms with Crippen LogP contribution in [0.25, 0.3) is 0 Å². The van der Waals surface area contributed by atoms with E-state index in [1.54, 1.807) is 0 Å². The second-order valence-electron chi connectivity index (χ2n) is 10.6. The summed E-state index contributed by atoms with van der Waals surface area (Å²) in [6.07, 6.45) is 0.0249. The molecule has 3 aromatic carbocycles. The minimum atomic E-state index is -3.92. The molecule has 0 spiro atoms. The predicted molar refractivity (Wildman–Crippen MR) is 133 cm³/mol. The Bertz CT molecular complexity index is 1510. The zero-order valence-corrected chi connectivity index (χ0v) is 23.5. The Labute approximate surface area is 241 Å². The van der Waals surface area contributed by atoms with E-state index in [0.29, 0.717) is 0 Å². The first-order chi connectivity index (χ1) is 20.1. The first kappa shape index (κ1) is 35.3. The van der Waals surface area contributed by atoms with E-state index in [9.17, 15) is 65.9 Å². The lowest BCUT2D eigenvalue weighted by molar-refractivity contribution is 0.382. The highest BCUT2D eigenvalue weighted by Gasteiger charge is 2.41. The number of halogens is 15. The number of hydrogen-bond acceptors (Lipinski definition) is 0. The fourth-order valence-corrected chi connectivity index (χ4v) is 7.06. The van der Waals surface area contributed by atoms with Gasteiger partial charge in [0.2, 0.25) is 18.3 Å². The molecule has 0 radical (unpaired) electrons. The van der Waals surface area contributed by atoms with Crippen LogP contribution in [0.2, 0.25) is 6.32 Å². The van der Waals surface area contributed by atoms with Crippen LogP contribution in [0.15, 0.2) is 12.1 Å². The van der Waals surface area contributed by atoms with Gasteiger partial charge in [0.05, 0.1) is 10.6 Å². The third-order valence-corrected chi connectivity index (χ3v) is 9.18. The van der Waals surface area contributed by atoms with Gasteiger partial charge < -0.3 is 0 Å². The van der Waals surface area contributed by atoms with Gasteiger partial charge in [-0.2, -0.15) is 0 Å². The summed E-state index contributed by atoms with van der Waals surface area (Å²) >= 11 is 0. The van der Waals surface area contributed by atoms with Crippen molar-refractivity contribution in [3.05, 3.63) is 99.3 Å². The number of rotatable bonds is 7. The number of benzene rings is 3. The van der Waals surface area contributed by atoms with E-state index in [-0.39, 0.29) is 0 Å². The van der Waals surface area contributed by atoms with Crippen LogP contribution in [-0.4, -0.2) is 12.4 Å². The van der Waals surface area contributed by atoms with Crippen LogP contribution in [0.3, 0.4) is 0 Å². The largest absolute Gasteiger partial charge is 0.209 e. The molecule has 0 saturated heterocycles. The molecule has 44 heavy (non-hydrogen) atoms. The fraction of sp³-hybridized carbons (Fsp3) is 0.259. The Morgan fingerprint density at radius 2 is 0.773 bits per heavy atom. The molecular weight excluding hydrogens is 651 g/mol. The summed E-state index contributed by atoms with van der Waals surface area (Å²) in [4.78, 5) is 0. The molecule has 3 rings (SSSR count). The molecule has 238 valence electrons. The van der Waals surface area contributed by atoms with Crippen LogP contribution in [0, 0.1) is 92.7 Å². The van der Waals surface area contributed by atoms with E-state index in [2.05, 4.69) is 0 Å². The van der Waals surface area contributed by atoms with Gasteiger partial charge in [0.15, 0.2) is 75.6 Å². The van der Waals surface area contributed by atoms with E-state index < -0.39 is 135 Å². The van der Waals surface area contributed by atoms with Gasteiger partial charge >= 0.3 is 0 Å². The highest BCUT2D eigenvalue weighted by atomic mass is 31.1. The minimum Gasteiger partial charge on any atom is -0.204 e. The lowest BCUT2D eigenvalue weighted by Crippen LogP contribution is -2.40. The van der Waals surface area contributed by atoms with E-state index in [1.807, 2.05) is 0 Å². The van der Waals surface area contributed by atoms with Crippen molar-refractivity contribution >= 4 is 30.7 Å². The Morgan fingerprint density at radius 1 is 0.500 bits per heavy atom. The van der Waals surface area contributed by atoms with Gasteiger partial charge in [0.1, 0.15) is 0 Å². The first-order valence-corrected chi connectivity index (χ1v) is 13.6. The maximum atomic E-state index is 15.0. The van der Waals surface area contributed by atoms with E-state index in [0.717, 1.165) is 12.9 Å². The van der Waals surface area contributed by atoms with Crippen LogP contribution in [-0.2, 0) is 0 Å². The summed E-state index contributed by atoms with van der Waals surface area (Å²) in [5.74, 6) is -38.4. The lowest BCUT2D eigenvalue weighted by atomic mass is 9.41. The minimum absolute atomic E-state index is 0.728. The lowest BCUT2D eigenvalue weighted by Gasteiger charge is -2.29. The fourth-order valence-electron chi connectivity index (χ4n) is 4.28. The van der Waals surface area contributed by atoms with Gasteiger partial charge in [-0.15, -0.1) is 5.98 Å². The summed E-state index contributed by atoms with van der Waals surface area (Å²) in [6.45, 7) is 3.18. The SMILES string of the molecule is CC(CB(/C=C/C(C)(C)C)c1c(F)c(F)c(F)c(F)c1F)P(c1c(F)c(F)c(F)c(F)c1F)c1c(F)c(F)c(F)c(F)c1F. The van der Waals surface area contributed by atoms with Crippen LogP contribution in [0.4, 0.5) is 65.9 Å². The Hall–Kier alpha value is -3.16. The smallest absolute Gasteiger partial charge is 0.204 e. The van der Waals surface area contributed by atoms with Gasteiger partial charge in [-0.3, -0.25) is 0 Å². The maximum absolute atomic E-state index is 15.0. The molecule has 0 saturated carbocycles. The third-order valence-electron chi connectivity index (χ3n) is 6.33. The van der Waals surface area contributed by atoms with Crippen molar-refractivity contribution in [2.45, 2.75) is 39.7 Å². The Kier molecular flexibility index (Phi) is 10.2.